The normalized spacial score (nSPS) is 31.1. The third-order valence-corrected chi connectivity index (χ3v) is 4.96. The van der Waals surface area contributed by atoms with E-state index in [1.54, 1.807) is 0 Å². The zero-order valence-electron chi connectivity index (χ0n) is 16.3. The molecule has 2 rings (SSSR count). The summed E-state index contributed by atoms with van der Waals surface area (Å²) in [5, 5.41) is 82.0. The standard InChI is InChI=1S/C19H31NO10/c21-8-12(24)18(30-19-17(28)16(27)15(26)13(9-22)29-19)14(25)11(23)7-20-6-10-4-2-1-3-5-10/h1-5,11-28H,6-9H2/t11?,12?,13-,14?,15-,16+,17-,18?,19?/m1/s1. The zero-order valence-corrected chi connectivity index (χ0v) is 16.3. The van der Waals surface area contributed by atoms with Gasteiger partial charge in [0.25, 0.3) is 0 Å². The molecule has 11 heteroatoms. The van der Waals surface area contributed by atoms with Gasteiger partial charge in [-0.3, -0.25) is 0 Å². The van der Waals surface area contributed by atoms with Crippen LogP contribution in [0.25, 0.3) is 0 Å². The second kappa shape index (κ2) is 12.0. The molecule has 9 N–H and O–H groups in total. The Morgan fingerprint density at radius 2 is 1.60 bits per heavy atom. The minimum absolute atomic E-state index is 0.0806. The van der Waals surface area contributed by atoms with Gasteiger partial charge < -0.3 is 55.6 Å². The van der Waals surface area contributed by atoms with E-state index in [9.17, 15) is 40.9 Å². The molecule has 0 saturated carbocycles. The molecule has 0 amide bonds. The first-order chi connectivity index (χ1) is 14.3. The van der Waals surface area contributed by atoms with Crippen molar-refractivity contribution in [1.82, 2.24) is 5.32 Å². The Labute approximate surface area is 173 Å². The highest BCUT2D eigenvalue weighted by molar-refractivity contribution is 5.14. The van der Waals surface area contributed by atoms with Crippen molar-refractivity contribution in [3.05, 3.63) is 35.9 Å². The first-order valence-electron chi connectivity index (χ1n) is 9.65. The molecule has 0 aromatic heterocycles. The lowest BCUT2D eigenvalue weighted by atomic mass is 9.98. The number of nitrogens with one attached hydrogen (secondary N) is 1. The van der Waals surface area contributed by atoms with Crippen molar-refractivity contribution < 1.29 is 50.3 Å². The van der Waals surface area contributed by atoms with E-state index in [0.717, 1.165) is 5.56 Å². The minimum Gasteiger partial charge on any atom is -0.394 e. The van der Waals surface area contributed by atoms with Crippen LogP contribution >= 0.6 is 0 Å². The SMILES string of the molecule is OCC(O)C(OC1O[C@H](CO)[C@@H](O)[C@H](O)[C@H]1O)C(O)C(O)CNCc1ccccc1. The molecule has 1 saturated heterocycles. The summed E-state index contributed by atoms with van der Waals surface area (Å²) in [6.07, 6.45) is -14.4. The van der Waals surface area contributed by atoms with Crippen LogP contribution in [-0.4, -0.2) is 116 Å². The average Bonchev–Trinajstić information content (AvgIpc) is 2.76. The van der Waals surface area contributed by atoms with Crippen LogP contribution in [0.1, 0.15) is 5.56 Å². The maximum Gasteiger partial charge on any atom is 0.187 e. The van der Waals surface area contributed by atoms with E-state index in [0.29, 0.717) is 6.54 Å². The molecule has 1 heterocycles. The average molecular weight is 433 g/mol. The van der Waals surface area contributed by atoms with Crippen LogP contribution in [0.2, 0.25) is 0 Å². The second-order valence-corrected chi connectivity index (χ2v) is 7.22. The number of aliphatic hydroxyl groups excluding tert-OH is 8. The molecule has 0 radical (unpaired) electrons. The van der Waals surface area contributed by atoms with E-state index in [1.807, 2.05) is 30.3 Å². The molecule has 30 heavy (non-hydrogen) atoms. The van der Waals surface area contributed by atoms with Crippen molar-refractivity contribution in [1.29, 1.82) is 0 Å². The maximum absolute atomic E-state index is 10.4. The van der Waals surface area contributed by atoms with E-state index in [2.05, 4.69) is 5.32 Å². The Bertz CT molecular complexity index is 606. The molecule has 11 nitrogen and oxygen atoms in total. The summed E-state index contributed by atoms with van der Waals surface area (Å²) in [4.78, 5) is 0. The van der Waals surface area contributed by atoms with Gasteiger partial charge in [0.1, 0.15) is 42.7 Å². The summed E-state index contributed by atoms with van der Waals surface area (Å²) < 4.78 is 10.5. The minimum atomic E-state index is -1.77. The molecule has 0 bridgehead atoms. The van der Waals surface area contributed by atoms with Gasteiger partial charge in [-0.2, -0.15) is 0 Å². The van der Waals surface area contributed by atoms with Crippen molar-refractivity contribution in [3.63, 3.8) is 0 Å². The summed E-state index contributed by atoms with van der Waals surface area (Å²) >= 11 is 0. The molecule has 5 unspecified atom stereocenters. The molecular weight excluding hydrogens is 402 g/mol. The summed E-state index contributed by atoms with van der Waals surface area (Å²) in [6, 6.07) is 9.31. The van der Waals surface area contributed by atoms with Gasteiger partial charge >= 0.3 is 0 Å². The third kappa shape index (κ3) is 6.39. The topological polar surface area (TPSA) is 192 Å². The number of rotatable bonds is 11. The number of benzene rings is 1. The molecule has 0 spiro atoms. The van der Waals surface area contributed by atoms with Crippen LogP contribution in [0.3, 0.4) is 0 Å². The van der Waals surface area contributed by atoms with Gasteiger partial charge in [0.2, 0.25) is 0 Å². The Morgan fingerprint density at radius 3 is 2.20 bits per heavy atom. The zero-order chi connectivity index (χ0) is 22.3. The van der Waals surface area contributed by atoms with Gasteiger partial charge in [-0.25, -0.2) is 0 Å². The van der Waals surface area contributed by atoms with E-state index >= 15 is 0 Å². The van der Waals surface area contributed by atoms with Gasteiger partial charge in [-0.1, -0.05) is 30.3 Å². The maximum atomic E-state index is 10.4. The third-order valence-electron chi connectivity index (χ3n) is 4.96. The Balaban J connectivity index is 1.99. The van der Waals surface area contributed by atoms with Gasteiger partial charge in [-0.15, -0.1) is 0 Å². The molecule has 1 aliphatic heterocycles. The Hall–Kier alpha value is -1.22. The summed E-state index contributed by atoms with van der Waals surface area (Å²) in [5.41, 5.74) is 0.948. The smallest absolute Gasteiger partial charge is 0.187 e. The van der Waals surface area contributed by atoms with E-state index in [4.69, 9.17) is 9.47 Å². The lowest BCUT2D eigenvalue weighted by Gasteiger charge is -2.42. The first kappa shape index (κ1) is 25.0. The van der Waals surface area contributed by atoms with Crippen LogP contribution in [0.4, 0.5) is 0 Å². The monoisotopic (exact) mass is 433 g/mol. The van der Waals surface area contributed by atoms with Crippen LogP contribution < -0.4 is 5.32 Å². The van der Waals surface area contributed by atoms with Gasteiger partial charge in [0.05, 0.1) is 19.3 Å². The largest absolute Gasteiger partial charge is 0.394 e. The number of hydrogen-bond donors (Lipinski definition) is 9. The van der Waals surface area contributed by atoms with E-state index in [1.165, 1.54) is 0 Å². The highest BCUT2D eigenvalue weighted by Crippen LogP contribution is 2.25. The summed E-state index contributed by atoms with van der Waals surface area (Å²) in [5.74, 6) is 0. The Kier molecular flexibility index (Phi) is 10.0. The summed E-state index contributed by atoms with van der Waals surface area (Å²) in [7, 11) is 0. The van der Waals surface area contributed by atoms with Crippen molar-refractivity contribution in [2.45, 2.75) is 61.7 Å². The number of ether oxygens (including phenoxy) is 2. The van der Waals surface area contributed by atoms with Gasteiger partial charge in [0.15, 0.2) is 6.29 Å². The quantitative estimate of drug-likeness (QED) is 0.165. The van der Waals surface area contributed by atoms with Crippen LogP contribution in [-0.2, 0) is 16.0 Å². The number of aliphatic hydroxyl groups is 8. The fraction of sp³-hybridized carbons (Fsp3) is 0.684. The molecule has 1 aliphatic rings. The van der Waals surface area contributed by atoms with Crippen molar-refractivity contribution in [2.75, 3.05) is 19.8 Å². The summed E-state index contributed by atoms with van der Waals surface area (Å²) in [6.45, 7) is -1.19. The van der Waals surface area contributed by atoms with Crippen molar-refractivity contribution >= 4 is 0 Å². The predicted molar refractivity (Wildman–Crippen MR) is 102 cm³/mol. The van der Waals surface area contributed by atoms with Gasteiger partial charge in [-0.05, 0) is 5.56 Å². The number of hydrogen-bond acceptors (Lipinski definition) is 11. The molecule has 1 fully saturated rings. The van der Waals surface area contributed by atoms with Crippen LogP contribution in [0, 0.1) is 0 Å². The molecule has 172 valence electrons. The predicted octanol–water partition coefficient (Wildman–Crippen LogP) is -3.96. The van der Waals surface area contributed by atoms with Crippen LogP contribution in [0.5, 0.6) is 0 Å². The highest BCUT2D eigenvalue weighted by atomic mass is 16.7. The van der Waals surface area contributed by atoms with Gasteiger partial charge in [0, 0.05) is 13.1 Å². The fourth-order valence-corrected chi connectivity index (χ4v) is 3.14. The Morgan fingerprint density at radius 1 is 0.933 bits per heavy atom. The molecule has 0 aliphatic carbocycles. The van der Waals surface area contributed by atoms with E-state index < -0.39 is 68.3 Å². The van der Waals surface area contributed by atoms with Crippen molar-refractivity contribution in [2.24, 2.45) is 0 Å². The second-order valence-electron chi connectivity index (χ2n) is 7.22. The van der Waals surface area contributed by atoms with Crippen molar-refractivity contribution in [3.8, 4) is 0 Å². The molecule has 9 atom stereocenters. The molecular formula is C19H31NO10. The van der Waals surface area contributed by atoms with Crippen LogP contribution in [0.15, 0.2) is 30.3 Å². The molecule has 1 aromatic rings. The van der Waals surface area contributed by atoms with E-state index in [-0.39, 0.29) is 6.54 Å². The molecule has 1 aromatic carbocycles. The highest BCUT2D eigenvalue weighted by Gasteiger charge is 2.46. The first-order valence-corrected chi connectivity index (χ1v) is 9.65. The fourth-order valence-electron chi connectivity index (χ4n) is 3.14. The lowest BCUT2D eigenvalue weighted by molar-refractivity contribution is -0.327. The lowest BCUT2D eigenvalue weighted by Crippen LogP contribution is -2.61.